The van der Waals surface area contributed by atoms with Crippen LogP contribution in [0.15, 0.2) is 18.2 Å². The molecule has 0 radical (unpaired) electrons. The summed E-state index contributed by atoms with van der Waals surface area (Å²) in [6, 6.07) is 4.08. The standard InChI is InChI=1S/C15H20N2O2S/c1-19-15(18)13-10-9-12(20-13)7-4-6-11-5-2-3-8-14(16)17-11/h4,7,9-11H,2-3,5-6,8H2,1H3,(H2,16,17)/b7-4+. The monoisotopic (exact) mass is 292 g/mol. The van der Waals surface area contributed by atoms with Crippen LogP contribution in [-0.4, -0.2) is 25.0 Å². The summed E-state index contributed by atoms with van der Waals surface area (Å²) in [5, 5.41) is 11.0. The Hall–Kier alpha value is -1.62. The average Bonchev–Trinajstić information content (AvgIpc) is 2.81. The van der Waals surface area contributed by atoms with Gasteiger partial charge in [-0.3, -0.25) is 5.41 Å². The van der Waals surface area contributed by atoms with Gasteiger partial charge in [-0.05, 0) is 37.5 Å². The van der Waals surface area contributed by atoms with Gasteiger partial charge in [-0.25, -0.2) is 4.79 Å². The molecule has 0 bridgehead atoms. The van der Waals surface area contributed by atoms with Gasteiger partial charge in [0.1, 0.15) is 4.88 Å². The Kier molecular flexibility index (Phi) is 5.35. The molecule has 1 aliphatic rings. The number of ether oxygens (including phenoxy) is 1. The maximum absolute atomic E-state index is 11.4. The van der Waals surface area contributed by atoms with Crippen LogP contribution < -0.4 is 5.32 Å². The van der Waals surface area contributed by atoms with Crippen LogP contribution in [0.25, 0.3) is 6.08 Å². The molecule has 108 valence electrons. The quantitative estimate of drug-likeness (QED) is 0.836. The zero-order chi connectivity index (χ0) is 14.4. The zero-order valence-corrected chi connectivity index (χ0v) is 12.5. The highest BCUT2D eigenvalue weighted by Crippen LogP contribution is 2.19. The van der Waals surface area contributed by atoms with E-state index < -0.39 is 0 Å². The lowest BCUT2D eigenvalue weighted by molar-refractivity contribution is 0.0606. The van der Waals surface area contributed by atoms with Gasteiger partial charge in [-0.1, -0.05) is 12.5 Å². The van der Waals surface area contributed by atoms with E-state index >= 15 is 0 Å². The van der Waals surface area contributed by atoms with Gasteiger partial charge in [0.05, 0.1) is 12.9 Å². The van der Waals surface area contributed by atoms with Gasteiger partial charge < -0.3 is 10.1 Å². The SMILES string of the molecule is COC(=O)c1ccc(/C=C/CC2CCCCC(=N)N2)s1. The summed E-state index contributed by atoms with van der Waals surface area (Å²) in [4.78, 5) is 13.0. The van der Waals surface area contributed by atoms with Gasteiger partial charge in [0.15, 0.2) is 0 Å². The molecule has 2 heterocycles. The van der Waals surface area contributed by atoms with Gasteiger partial charge in [-0.15, -0.1) is 11.3 Å². The van der Waals surface area contributed by atoms with Crippen molar-refractivity contribution < 1.29 is 9.53 Å². The van der Waals surface area contributed by atoms with Crippen molar-refractivity contribution in [1.82, 2.24) is 5.32 Å². The second-order valence-corrected chi connectivity index (χ2v) is 6.01. The van der Waals surface area contributed by atoms with Crippen molar-refractivity contribution in [2.75, 3.05) is 7.11 Å². The second kappa shape index (κ2) is 7.24. The highest BCUT2D eigenvalue weighted by Gasteiger charge is 2.12. The molecule has 1 saturated heterocycles. The van der Waals surface area contributed by atoms with E-state index in [2.05, 4.69) is 16.1 Å². The van der Waals surface area contributed by atoms with Crippen LogP contribution in [0.1, 0.15) is 46.7 Å². The molecule has 2 N–H and O–H groups in total. The fraction of sp³-hybridized carbons (Fsp3) is 0.467. The Bertz CT molecular complexity index is 508. The average molecular weight is 292 g/mol. The van der Waals surface area contributed by atoms with Gasteiger partial charge >= 0.3 is 5.97 Å². The lowest BCUT2D eigenvalue weighted by atomic mass is 10.1. The van der Waals surface area contributed by atoms with Crippen LogP contribution in [0, 0.1) is 5.41 Å². The van der Waals surface area contributed by atoms with Gasteiger partial charge in [-0.2, -0.15) is 0 Å². The summed E-state index contributed by atoms with van der Waals surface area (Å²) in [7, 11) is 1.39. The highest BCUT2D eigenvalue weighted by atomic mass is 32.1. The predicted molar refractivity (Wildman–Crippen MR) is 82.4 cm³/mol. The number of methoxy groups -OCH3 is 1. The maximum atomic E-state index is 11.4. The van der Waals surface area contributed by atoms with E-state index in [0.717, 1.165) is 30.6 Å². The molecule has 20 heavy (non-hydrogen) atoms. The number of amidine groups is 1. The van der Waals surface area contributed by atoms with E-state index in [1.54, 1.807) is 6.07 Å². The van der Waals surface area contributed by atoms with Crippen molar-refractivity contribution in [1.29, 1.82) is 5.41 Å². The summed E-state index contributed by atoms with van der Waals surface area (Å²) in [6.07, 6.45) is 9.33. The van der Waals surface area contributed by atoms with E-state index in [1.165, 1.54) is 24.9 Å². The van der Waals surface area contributed by atoms with Crippen molar-refractivity contribution >= 4 is 29.2 Å². The van der Waals surface area contributed by atoms with Gasteiger partial charge in [0.25, 0.3) is 0 Å². The number of carbonyl (C=O) groups is 1. The summed E-state index contributed by atoms with van der Waals surface area (Å²) in [6.45, 7) is 0. The molecule has 0 saturated carbocycles. The number of thiophene rings is 1. The minimum atomic E-state index is -0.284. The maximum Gasteiger partial charge on any atom is 0.348 e. The first-order valence-electron chi connectivity index (χ1n) is 6.87. The van der Waals surface area contributed by atoms with Crippen LogP contribution >= 0.6 is 11.3 Å². The van der Waals surface area contributed by atoms with Crippen molar-refractivity contribution in [2.45, 2.75) is 38.1 Å². The molecule has 0 amide bonds. The molecule has 2 rings (SSSR count). The lowest BCUT2D eigenvalue weighted by Gasteiger charge is -2.14. The molecule has 1 aromatic heterocycles. The second-order valence-electron chi connectivity index (χ2n) is 4.90. The summed E-state index contributed by atoms with van der Waals surface area (Å²) in [5.41, 5.74) is 0. The zero-order valence-electron chi connectivity index (χ0n) is 11.6. The molecule has 0 aliphatic carbocycles. The Morgan fingerprint density at radius 2 is 2.40 bits per heavy atom. The normalized spacial score (nSPS) is 19.6. The molecule has 1 unspecified atom stereocenters. The highest BCUT2D eigenvalue weighted by molar-refractivity contribution is 7.14. The van der Waals surface area contributed by atoms with E-state index in [0.29, 0.717) is 16.8 Å². The smallest absolute Gasteiger partial charge is 0.348 e. The fourth-order valence-corrected chi connectivity index (χ4v) is 3.12. The van der Waals surface area contributed by atoms with Crippen molar-refractivity contribution in [3.63, 3.8) is 0 Å². The summed E-state index contributed by atoms with van der Waals surface area (Å²) >= 11 is 1.43. The van der Waals surface area contributed by atoms with E-state index in [1.807, 2.05) is 12.1 Å². The molecule has 1 aliphatic heterocycles. The topological polar surface area (TPSA) is 62.2 Å². The first kappa shape index (κ1) is 14.8. The third-order valence-corrected chi connectivity index (χ3v) is 4.35. The third kappa shape index (κ3) is 4.20. The lowest BCUT2D eigenvalue weighted by Crippen LogP contribution is -2.31. The van der Waals surface area contributed by atoms with Crippen LogP contribution in [0.4, 0.5) is 0 Å². The van der Waals surface area contributed by atoms with Crippen LogP contribution in [0.2, 0.25) is 0 Å². The van der Waals surface area contributed by atoms with Crippen LogP contribution in [0.3, 0.4) is 0 Å². The van der Waals surface area contributed by atoms with E-state index in [4.69, 9.17) is 5.41 Å². The fourth-order valence-electron chi connectivity index (χ4n) is 2.26. The summed E-state index contributed by atoms with van der Waals surface area (Å²) in [5.74, 6) is 0.374. The molecule has 1 aromatic rings. The van der Waals surface area contributed by atoms with Gasteiger partial charge in [0, 0.05) is 17.3 Å². The number of hydrogen-bond acceptors (Lipinski definition) is 4. The largest absolute Gasteiger partial charge is 0.465 e. The molecule has 0 aromatic carbocycles. The van der Waals surface area contributed by atoms with Crippen molar-refractivity contribution in [3.05, 3.63) is 28.0 Å². The molecular weight excluding hydrogens is 272 g/mol. The number of carbonyl (C=O) groups excluding carboxylic acids is 1. The number of rotatable bonds is 4. The van der Waals surface area contributed by atoms with E-state index in [9.17, 15) is 4.79 Å². The molecular formula is C15H20N2O2S. The number of hydrogen-bond donors (Lipinski definition) is 2. The van der Waals surface area contributed by atoms with Crippen molar-refractivity contribution in [3.8, 4) is 0 Å². The van der Waals surface area contributed by atoms with Crippen molar-refractivity contribution in [2.24, 2.45) is 0 Å². The minimum Gasteiger partial charge on any atom is -0.465 e. The Morgan fingerprint density at radius 3 is 3.20 bits per heavy atom. The molecule has 1 atom stereocenters. The first-order chi connectivity index (χ1) is 9.69. The molecule has 1 fully saturated rings. The Morgan fingerprint density at radius 1 is 1.55 bits per heavy atom. The number of esters is 1. The predicted octanol–water partition coefficient (Wildman–Crippen LogP) is 3.45. The Labute approximate surface area is 123 Å². The third-order valence-electron chi connectivity index (χ3n) is 3.32. The van der Waals surface area contributed by atoms with E-state index in [-0.39, 0.29) is 5.97 Å². The Balaban J connectivity index is 1.87. The first-order valence-corrected chi connectivity index (χ1v) is 7.69. The van der Waals surface area contributed by atoms with Crippen LogP contribution in [0.5, 0.6) is 0 Å². The van der Waals surface area contributed by atoms with Gasteiger partial charge in [0.2, 0.25) is 0 Å². The molecule has 5 heteroatoms. The molecule has 4 nitrogen and oxygen atoms in total. The number of nitrogens with one attached hydrogen (secondary N) is 2. The summed E-state index contributed by atoms with van der Waals surface area (Å²) < 4.78 is 4.69. The minimum absolute atomic E-state index is 0.284. The van der Waals surface area contributed by atoms with Crippen LogP contribution in [-0.2, 0) is 4.74 Å². The molecule has 0 spiro atoms.